The zero-order valence-electron chi connectivity index (χ0n) is 15.3. The number of fused-ring (bicyclic) bond motifs is 1. The minimum Gasteiger partial charge on any atom is -0.485 e. The number of hydrogen-bond acceptors (Lipinski definition) is 6. The molecule has 1 aliphatic heterocycles. The van der Waals surface area contributed by atoms with Crippen molar-refractivity contribution in [2.24, 2.45) is 0 Å². The Bertz CT molecular complexity index is 1070. The highest BCUT2D eigenvalue weighted by molar-refractivity contribution is 6.31. The van der Waals surface area contributed by atoms with Crippen LogP contribution in [-0.4, -0.2) is 22.0 Å². The van der Waals surface area contributed by atoms with Gasteiger partial charge in [0, 0.05) is 29.7 Å². The van der Waals surface area contributed by atoms with Crippen molar-refractivity contribution in [2.75, 3.05) is 5.32 Å². The third kappa shape index (κ3) is 4.55. The second-order valence-corrected chi connectivity index (χ2v) is 6.85. The fourth-order valence-electron chi connectivity index (χ4n) is 2.89. The van der Waals surface area contributed by atoms with Gasteiger partial charge in [-0.2, -0.15) is 4.98 Å². The Labute approximate surface area is 171 Å². The lowest BCUT2D eigenvalue weighted by Gasteiger charge is -2.17. The van der Waals surface area contributed by atoms with Gasteiger partial charge < -0.3 is 19.9 Å². The number of ether oxygens (including phenoxy) is 1. The molecule has 2 N–H and O–H groups in total. The van der Waals surface area contributed by atoms with Gasteiger partial charge in [0.1, 0.15) is 5.75 Å². The molecule has 0 spiro atoms. The maximum absolute atomic E-state index is 12.2. The van der Waals surface area contributed by atoms with E-state index in [1.807, 2.05) is 30.3 Å². The first-order valence-electron chi connectivity index (χ1n) is 8.98. The van der Waals surface area contributed by atoms with Crippen LogP contribution in [0.25, 0.3) is 0 Å². The van der Waals surface area contributed by atoms with E-state index in [0.717, 1.165) is 16.8 Å². The lowest BCUT2D eigenvalue weighted by atomic mass is 10.0. The normalized spacial score (nSPS) is 12.8. The summed E-state index contributed by atoms with van der Waals surface area (Å²) in [5.41, 5.74) is 2.59. The van der Waals surface area contributed by atoms with Crippen LogP contribution in [0.5, 0.6) is 5.75 Å². The van der Waals surface area contributed by atoms with Crippen molar-refractivity contribution in [3.8, 4) is 5.75 Å². The van der Waals surface area contributed by atoms with Crippen molar-refractivity contribution < 1.29 is 18.8 Å². The molecule has 2 heterocycles. The second kappa shape index (κ2) is 8.32. The third-order valence-corrected chi connectivity index (χ3v) is 4.77. The summed E-state index contributed by atoms with van der Waals surface area (Å²) in [6.45, 7) is 0.265. The zero-order valence-corrected chi connectivity index (χ0v) is 16.0. The van der Waals surface area contributed by atoms with Crippen LogP contribution in [0, 0.1) is 0 Å². The summed E-state index contributed by atoms with van der Waals surface area (Å²) >= 11 is 6.07. The Morgan fingerprint density at radius 3 is 2.97 bits per heavy atom. The number of halogens is 1. The fraction of sp³-hybridized carbons (Fsp3) is 0.200. The van der Waals surface area contributed by atoms with Crippen LogP contribution in [0.3, 0.4) is 0 Å². The monoisotopic (exact) mass is 412 g/mol. The molecular weight excluding hydrogens is 396 g/mol. The van der Waals surface area contributed by atoms with Crippen molar-refractivity contribution in [1.29, 1.82) is 0 Å². The Kier molecular flexibility index (Phi) is 5.44. The number of nitrogens with one attached hydrogen (secondary N) is 2. The first kappa shape index (κ1) is 18.9. The van der Waals surface area contributed by atoms with E-state index < -0.39 is 5.91 Å². The SMILES string of the molecule is O=C1CCc2ccc(OCc3noc(C(=O)NCc4ccccc4Cl)n3)cc2N1. The zero-order chi connectivity index (χ0) is 20.2. The number of aromatic nitrogens is 2. The number of anilines is 1. The average Bonchev–Trinajstić information content (AvgIpc) is 3.20. The van der Waals surface area contributed by atoms with Crippen LogP contribution in [0.4, 0.5) is 5.69 Å². The molecule has 4 rings (SSSR count). The van der Waals surface area contributed by atoms with E-state index in [2.05, 4.69) is 20.8 Å². The molecule has 0 atom stereocenters. The average molecular weight is 413 g/mol. The molecule has 2 amide bonds. The number of benzene rings is 2. The third-order valence-electron chi connectivity index (χ3n) is 4.40. The number of carbonyl (C=O) groups excluding carboxylic acids is 2. The topological polar surface area (TPSA) is 106 Å². The predicted octanol–water partition coefficient (Wildman–Crippen LogP) is 3.12. The smallest absolute Gasteiger partial charge is 0.316 e. The Morgan fingerprint density at radius 2 is 2.10 bits per heavy atom. The van der Waals surface area contributed by atoms with Gasteiger partial charge in [-0.3, -0.25) is 9.59 Å². The Hall–Kier alpha value is -3.39. The number of rotatable bonds is 6. The summed E-state index contributed by atoms with van der Waals surface area (Å²) in [5, 5.41) is 9.82. The minimum atomic E-state index is -0.500. The van der Waals surface area contributed by atoms with E-state index in [1.165, 1.54) is 0 Å². The number of amides is 2. The van der Waals surface area contributed by atoms with E-state index in [9.17, 15) is 9.59 Å². The van der Waals surface area contributed by atoms with Gasteiger partial charge in [0.15, 0.2) is 6.61 Å². The summed E-state index contributed by atoms with van der Waals surface area (Å²) in [7, 11) is 0. The lowest BCUT2D eigenvalue weighted by molar-refractivity contribution is -0.116. The molecule has 0 saturated heterocycles. The van der Waals surface area contributed by atoms with Gasteiger partial charge in [0.05, 0.1) is 0 Å². The van der Waals surface area contributed by atoms with Crippen molar-refractivity contribution in [1.82, 2.24) is 15.5 Å². The Balaban J connectivity index is 1.33. The molecule has 29 heavy (non-hydrogen) atoms. The van der Waals surface area contributed by atoms with Crippen LogP contribution >= 0.6 is 11.6 Å². The summed E-state index contributed by atoms with van der Waals surface area (Å²) in [6.07, 6.45) is 1.19. The molecule has 0 unspecified atom stereocenters. The van der Waals surface area contributed by atoms with Crippen LogP contribution in [0.15, 0.2) is 47.0 Å². The molecule has 2 aromatic carbocycles. The van der Waals surface area contributed by atoms with E-state index in [-0.39, 0.29) is 30.8 Å². The quantitative estimate of drug-likeness (QED) is 0.644. The van der Waals surface area contributed by atoms with Gasteiger partial charge in [-0.25, -0.2) is 0 Å². The standard InChI is InChI=1S/C20H17ClN4O4/c21-15-4-2-1-3-13(15)10-22-19(27)20-24-17(25-29-20)11-28-14-7-5-12-6-8-18(26)23-16(12)9-14/h1-5,7,9H,6,8,10-11H2,(H,22,27)(H,23,26). The Morgan fingerprint density at radius 1 is 1.24 bits per heavy atom. The van der Waals surface area contributed by atoms with Gasteiger partial charge in [-0.15, -0.1) is 0 Å². The van der Waals surface area contributed by atoms with Crippen molar-refractivity contribution >= 4 is 29.1 Å². The summed E-state index contributed by atoms with van der Waals surface area (Å²) < 4.78 is 10.6. The minimum absolute atomic E-state index is 0.0136. The molecule has 9 heteroatoms. The fourth-order valence-corrected chi connectivity index (χ4v) is 3.09. The molecule has 8 nitrogen and oxygen atoms in total. The largest absolute Gasteiger partial charge is 0.485 e. The maximum Gasteiger partial charge on any atom is 0.316 e. The van der Waals surface area contributed by atoms with E-state index in [1.54, 1.807) is 12.1 Å². The maximum atomic E-state index is 12.2. The highest BCUT2D eigenvalue weighted by Crippen LogP contribution is 2.27. The highest BCUT2D eigenvalue weighted by Gasteiger charge is 2.17. The molecule has 0 radical (unpaired) electrons. The first-order chi connectivity index (χ1) is 14.1. The highest BCUT2D eigenvalue weighted by atomic mass is 35.5. The van der Waals surface area contributed by atoms with Crippen molar-refractivity contribution in [3.63, 3.8) is 0 Å². The first-order valence-corrected chi connectivity index (χ1v) is 9.36. The molecule has 0 fully saturated rings. The van der Waals surface area contributed by atoms with Crippen LogP contribution in [0.2, 0.25) is 5.02 Å². The second-order valence-electron chi connectivity index (χ2n) is 6.45. The van der Waals surface area contributed by atoms with Crippen LogP contribution in [-0.2, 0) is 24.4 Å². The molecule has 1 aromatic heterocycles. The van der Waals surface area contributed by atoms with E-state index >= 15 is 0 Å². The molecule has 0 saturated carbocycles. The predicted molar refractivity (Wildman–Crippen MR) is 105 cm³/mol. The molecule has 0 aliphatic carbocycles. The lowest BCUT2D eigenvalue weighted by Crippen LogP contribution is -2.23. The number of hydrogen-bond donors (Lipinski definition) is 2. The van der Waals surface area contributed by atoms with Gasteiger partial charge >= 0.3 is 11.8 Å². The van der Waals surface area contributed by atoms with Crippen LogP contribution < -0.4 is 15.4 Å². The van der Waals surface area contributed by atoms with E-state index in [4.69, 9.17) is 20.9 Å². The van der Waals surface area contributed by atoms with Crippen LogP contribution in [0.1, 0.15) is 34.1 Å². The van der Waals surface area contributed by atoms with Gasteiger partial charge in [0.2, 0.25) is 11.7 Å². The number of carbonyl (C=O) groups is 2. The molecule has 1 aliphatic rings. The van der Waals surface area contributed by atoms with Crippen molar-refractivity contribution in [2.45, 2.75) is 26.0 Å². The summed E-state index contributed by atoms with van der Waals surface area (Å²) in [6, 6.07) is 12.7. The molecular formula is C20H17ClN4O4. The summed E-state index contributed by atoms with van der Waals surface area (Å²) in [5.74, 6) is 0.115. The van der Waals surface area contributed by atoms with E-state index in [0.29, 0.717) is 23.6 Å². The van der Waals surface area contributed by atoms with Gasteiger partial charge in [-0.1, -0.05) is 41.0 Å². The number of nitrogens with zero attached hydrogens (tertiary/aromatic N) is 2. The molecule has 0 bridgehead atoms. The van der Waals surface area contributed by atoms with Gasteiger partial charge in [0.25, 0.3) is 0 Å². The van der Waals surface area contributed by atoms with Crippen molar-refractivity contribution in [3.05, 3.63) is 70.3 Å². The number of aryl methyl sites for hydroxylation is 1. The summed E-state index contributed by atoms with van der Waals surface area (Å²) in [4.78, 5) is 27.7. The molecule has 148 valence electrons. The molecule has 3 aromatic rings. The van der Waals surface area contributed by atoms with Gasteiger partial charge in [-0.05, 0) is 29.7 Å².